The molecule has 15 heavy (non-hydrogen) atoms. The molecule has 2 saturated heterocycles. The Morgan fingerprint density at radius 3 is 2.80 bits per heavy atom. The highest BCUT2D eigenvalue weighted by Gasteiger charge is 2.42. The van der Waals surface area contributed by atoms with Gasteiger partial charge in [0.05, 0.1) is 31.3 Å². The van der Waals surface area contributed by atoms with E-state index in [1.807, 2.05) is 0 Å². The van der Waals surface area contributed by atoms with Crippen LogP contribution in [0, 0.1) is 5.41 Å². The SMILES string of the molecule is NC(=O)C1CCCN1CC1(CO)COC1. The number of nitrogens with zero attached hydrogens (tertiary/aromatic N) is 1. The van der Waals surface area contributed by atoms with E-state index >= 15 is 0 Å². The summed E-state index contributed by atoms with van der Waals surface area (Å²) in [7, 11) is 0. The lowest BCUT2D eigenvalue weighted by Crippen LogP contribution is -2.55. The molecule has 0 saturated carbocycles. The number of aliphatic hydroxyl groups excluding tert-OH is 1. The molecule has 2 heterocycles. The molecule has 0 aromatic rings. The van der Waals surface area contributed by atoms with E-state index in [1.54, 1.807) is 0 Å². The summed E-state index contributed by atoms with van der Waals surface area (Å²) in [6.07, 6.45) is 1.85. The van der Waals surface area contributed by atoms with Crippen molar-refractivity contribution in [2.24, 2.45) is 11.1 Å². The van der Waals surface area contributed by atoms with Gasteiger partial charge >= 0.3 is 0 Å². The number of primary amides is 1. The molecule has 2 aliphatic rings. The van der Waals surface area contributed by atoms with E-state index in [1.165, 1.54) is 0 Å². The molecule has 0 aromatic carbocycles. The van der Waals surface area contributed by atoms with Crippen molar-refractivity contribution in [3.63, 3.8) is 0 Å². The number of rotatable bonds is 4. The van der Waals surface area contributed by atoms with Crippen molar-refractivity contribution in [3.05, 3.63) is 0 Å². The van der Waals surface area contributed by atoms with Crippen LogP contribution in [0.25, 0.3) is 0 Å². The number of carbonyl (C=O) groups is 1. The van der Waals surface area contributed by atoms with E-state index in [4.69, 9.17) is 10.5 Å². The topological polar surface area (TPSA) is 75.8 Å². The zero-order valence-corrected chi connectivity index (χ0v) is 8.82. The van der Waals surface area contributed by atoms with Crippen molar-refractivity contribution in [1.82, 2.24) is 4.90 Å². The minimum atomic E-state index is -0.249. The molecular weight excluding hydrogens is 196 g/mol. The Kier molecular flexibility index (Phi) is 2.95. The molecule has 0 radical (unpaired) electrons. The van der Waals surface area contributed by atoms with Gasteiger partial charge < -0.3 is 15.6 Å². The second kappa shape index (κ2) is 4.08. The first-order valence-corrected chi connectivity index (χ1v) is 5.39. The molecular formula is C10H18N2O3. The van der Waals surface area contributed by atoms with Crippen LogP contribution in [0.5, 0.6) is 0 Å². The molecule has 2 aliphatic heterocycles. The molecule has 1 amide bonds. The Morgan fingerprint density at radius 2 is 2.33 bits per heavy atom. The third kappa shape index (κ3) is 2.00. The van der Waals surface area contributed by atoms with Crippen molar-refractivity contribution in [1.29, 1.82) is 0 Å². The van der Waals surface area contributed by atoms with E-state index in [-0.39, 0.29) is 24.0 Å². The van der Waals surface area contributed by atoms with E-state index in [0.717, 1.165) is 25.9 Å². The van der Waals surface area contributed by atoms with Crippen LogP contribution >= 0.6 is 0 Å². The standard InChI is InChI=1S/C10H18N2O3/c11-9(14)8-2-1-3-12(8)4-10(5-13)6-15-7-10/h8,13H,1-7H2,(H2,11,14). The first kappa shape index (κ1) is 10.9. The highest BCUT2D eigenvalue weighted by molar-refractivity contribution is 5.80. The average molecular weight is 214 g/mol. The van der Waals surface area contributed by atoms with Gasteiger partial charge in [0.2, 0.25) is 5.91 Å². The van der Waals surface area contributed by atoms with Crippen molar-refractivity contribution in [3.8, 4) is 0 Å². The monoisotopic (exact) mass is 214 g/mol. The summed E-state index contributed by atoms with van der Waals surface area (Å²) >= 11 is 0. The summed E-state index contributed by atoms with van der Waals surface area (Å²) < 4.78 is 5.13. The molecule has 86 valence electrons. The fourth-order valence-electron chi connectivity index (χ4n) is 2.39. The largest absolute Gasteiger partial charge is 0.396 e. The van der Waals surface area contributed by atoms with Gasteiger partial charge in [-0.05, 0) is 19.4 Å². The molecule has 1 unspecified atom stereocenters. The van der Waals surface area contributed by atoms with Crippen LogP contribution in [0.2, 0.25) is 0 Å². The van der Waals surface area contributed by atoms with Gasteiger partial charge in [0.15, 0.2) is 0 Å². The van der Waals surface area contributed by atoms with Crippen LogP contribution in [-0.2, 0) is 9.53 Å². The van der Waals surface area contributed by atoms with Crippen LogP contribution in [0.1, 0.15) is 12.8 Å². The Hall–Kier alpha value is -0.650. The maximum absolute atomic E-state index is 11.2. The average Bonchev–Trinajstić information content (AvgIpc) is 2.59. The predicted octanol–water partition coefficient (Wildman–Crippen LogP) is -1.05. The number of hydrogen-bond acceptors (Lipinski definition) is 4. The number of amides is 1. The first-order chi connectivity index (χ1) is 7.17. The van der Waals surface area contributed by atoms with Gasteiger partial charge in [0.1, 0.15) is 0 Å². The van der Waals surface area contributed by atoms with Gasteiger partial charge in [0.25, 0.3) is 0 Å². The molecule has 2 rings (SSSR count). The highest BCUT2D eigenvalue weighted by Crippen LogP contribution is 2.30. The van der Waals surface area contributed by atoms with Crippen LogP contribution in [0.15, 0.2) is 0 Å². The Morgan fingerprint density at radius 1 is 1.60 bits per heavy atom. The smallest absolute Gasteiger partial charge is 0.234 e. The van der Waals surface area contributed by atoms with E-state index in [9.17, 15) is 9.90 Å². The van der Waals surface area contributed by atoms with Gasteiger partial charge in [-0.1, -0.05) is 0 Å². The Balaban J connectivity index is 1.95. The van der Waals surface area contributed by atoms with Crippen molar-refractivity contribution in [2.75, 3.05) is 32.9 Å². The van der Waals surface area contributed by atoms with Gasteiger partial charge in [0, 0.05) is 6.54 Å². The molecule has 0 aliphatic carbocycles. The van der Waals surface area contributed by atoms with E-state index in [0.29, 0.717) is 13.2 Å². The molecule has 5 heteroatoms. The zero-order chi connectivity index (χ0) is 10.9. The third-order valence-corrected chi connectivity index (χ3v) is 3.38. The lowest BCUT2D eigenvalue weighted by atomic mass is 9.86. The van der Waals surface area contributed by atoms with Crippen LogP contribution < -0.4 is 5.73 Å². The number of carbonyl (C=O) groups excluding carboxylic acids is 1. The molecule has 2 fully saturated rings. The van der Waals surface area contributed by atoms with Crippen molar-refractivity contribution in [2.45, 2.75) is 18.9 Å². The zero-order valence-electron chi connectivity index (χ0n) is 8.82. The summed E-state index contributed by atoms with van der Waals surface area (Å²) in [4.78, 5) is 13.3. The maximum Gasteiger partial charge on any atom is 0.234 e. The van der Waals surface area contributed by atoms with Gasteiger partial charge in [-0.2, -0.15) is 0 Å². The second-order valence-corrected chi connectivity index (χ2v) is 4.68. The summed E-state index contributed by atoms with van der Waals surface area (Å²) in [6.45, 7) is 2.92. The Labute approximate surface area is 89.2 Å². The number of ether oxygens (including phenoxy) is 1. The molecule has 3 N–H and O–H groups in total. The summed E-state index contributed by atoms with van der Waals surface area (Å²) in [5, 5.41) is 9.30. The fraction of sp³-hybridized carbons (Fsp3) is 0.900. The van der Waals surface area contributed by atoms with Gasteiger partial charge in [-0.15, -0.1) is 0 Å². The molecule has 1 atom stereocenters. The van der Waals surface area contributed by atoms with Crippen molar-refractivity contribution < 1.29 is 14.6 Å². The minimum absolute atomic E-state index is 0.120. The molecule has 0 spiro atoms. The third-order valence-electron chi connectivity index (χ3n) is 3.38. The molecule has 5 nitrogen and oxygen atoms in total. The minimum Gasteiger partial charge on any atom is -0.396 e. The van der Waals surface area contributed by atoms with Gasteiger partial charge in [-0.3, -0.25) is 9.69 Å². The van der Waals surface area contributed by atoms with Gasteiger partial charge in [-0.25, -0.2) is 0 Å². The van der Waals surface area contributed by atoms with Crippen LogP contribution in [0.4, 0.5) is 0 Å². The quantitative estimate of drug-likeness (QED) is 0.626. The second-order valence-electron chi connectivity index (χ2n) is 4.68. The van der Waals surface area contributed by atoms with E-state index in [2.05, 4.69) is 4.90 Å². The normalized spacial score (nSPS) is 30.1. The Bertz CT molecular complexity index is 248. The summed E-state index contributed by atoms with van der Waals surface area (Å²) in [5.74, 6) is -0.249. The number of nitrogens with two attached hydrogens (primary N) is 1. The lowest BCUT2D eigenvalue weighted by Gasteiger charge is -2.43. The lowest BCUT2D eigenvalue weighted by molar-refractivity contribution is -0.152. The van der Waals surface area contributed by atoms with Crippen molar-refractivity contribution >= 4 is 5.91 Å². The maximum atomic E-state index is 11.2. The fourth-order valence-corrected chi connectivity index (χ4v) is 2.39. The number of hydrogen-bond donors (Lipinski definition) is 2. The summed E-state index contributed by atoms with van der Waals surface area (Å²) in [5.41, 5.74) is 5.18. The van der Waals surface area contributed by atoms with Crippen LogP contribution in [0.3, 0.4) is 0 Å². The van der Waals surface area contributed by atoms with E-state index < -0.39 is 0 Å². The molecule has 0 aromatic heterocycles. The molecule has 0 bridgehead atoms. The predicted molar refractivity (Wildman–Crippen MR) is 54.1 cm³/mol. The highest BCUT2D eigenvalue weighted by atomic mass is 16.5. The summed E-state index contributed by atoms with van der Waals surface area (Å²) in [6, 6.07) is -0.144. The first-order valence-electron chi connectivity index (χ1n) is 5.39. The number of aliphatic hydroxyl groups is 1. The van der Waals surface area contributed by atoms with Crippen LogP contribution in [-0.4, -0.2) is 54.9 Å². The number of likely N-dealkylation sites (tertiary alicyclic amines) is 1.